The Kier molecular flexibility index (Phi) is 4.85. The van der Waals surface area contributed by atoms with Crippen LogP contribution < -0.4 is 0 Å². The molecular weight excluding hydrogens is 406 g/mol. The summed E-state index contributed by atoms with van der Waals surface area (Å²) >= 11 is 7.63. The molecule has 1 aliphatic rings. The van der Waals surface area contributed by atoms with Gasteiger partial charge in [0.1, 0.15) is 5.82 Å². The quantitative estimate of drug-likeness (QED) is 0.370. The van der Waals surface area contributed by atoms with Crippen molar-refractivity contribution in [2.45, 2.75) is 36.1 Å². The van der Waals surface area contributed by atoms with E-state index in [-0.39, 0.29) is 5.25 Å². The van der Waals surface area contributed by atoms with E-state index in [1.807, 2.05) is 49.4 Å². The molecule has 1 saturated carbocycles. The predicted molar refractivity (Wildman–Crippen MR) is 112 cm³/mol. The average molecular weight is 424 g/mol. The molecule has 0 amide bonds. The van der Waals surface area contributed by atoms with Crippen LogP contribution in [0.15, 0.2) is 64.2 Å². The molecule has 146 valence electrons. The van der Waals surface area contributed by atoms with Crippen molar-refractivity contribution in [3.05, 3.63) is 71.3 Å². The second-order valence-corrected chi connectivity index (χ2v) is 8.75. The Hall–Kier alpha value is -2.64. The molecule has 1 fully saturated rings. The van der Waals surface area contributed by atoms with Crippen LogP contribution in [0, 0.1) is 0 Å². The summed E-state index contributed by atoms with van der Waals surface area (Å²) in [5.74, 6) is 2.51. The van der Waals surface area contributed by atoms with E-state index < -0.39 is 0 Å². The number of rotatable bonds is 6. The van der Waals surface area contributed by atoms with Crippen LogP contribution in [-0.2, 0) is 0 Å². The van der Waals surface area contributed by atoms with Gasteiger partial charge >= 0.3 is 0 Å². The third-order valence-corrected chi connectivity index (χ3v) is 6.02. The molecule has 8 heteroatoms. The summed E-state index contributed by atoms with van der Waals surface area (Å²) in [5.41, 5.74) is 1.87. The minimum absolute atomic E-state index is 0.0749. The van der Waals surface area contributed by atoms with Gasteiger partial charge in [0.25, 0.3) is 0 Å². The average Bonchev–Trinajstić information content (AvgIpc) is 3.31. The zero-order valence-corrected chi connectivity index (χ0v) is 17.3. The van der Waals surface area contributed by atoms with Crippen LogP contribution in [0.25, 0.3) is 17.1 Å². The van der Waals surface area contributed by atoms with Crippen LogP contribution in [0.5, 0.6) is 0 Å². The van der Waals surface area contributed by atoms with Crippen LogP contribution in [0.2, 0.25) is 5.02 Å². The molecule has 29 heavy (non-hydrogen) atoms. The highest BCUT2D eigenvalue weighted by Crippen LogP contribution is 2.43. The smallest absolute Gasteiger partial charge is 0.247 e. The van der Waals surface area contributed by atoms with Gasteiger partial charge < -0.3 is 4.42 Å². The Balaban J connectivity index is 1.42. The summed E-state index contributed by atoms with van der Waals surface area (Å²) in [6, 6.07) is 17.6. The number of hydrogen-bond acceptors (Lipinski definition) is 6. The van der Waals surface area contributed by atoms with Crippen molar-refractivity contribution < 1.29 is 4.42 Å². The summed E-state index contributed by atoms with van der Waals surface area (Å²) in [6.45, 7) is 2.03. The van der Waals surface area contributed by atoms with E-state index in [0.717, 1.165) is 35.1 Å². The first-order valence-electron chi connectivity index (χ1n) is 9.46. The van der Waals surface area contributed by atoms with Crippen molar-refractivity contribution in [3.8, 4) is 17.1 Å². The van der Waals surface area contributed by atoms with Crippen molar-refractivity contribution in [1.82, 2.24) is 25.0 Å². The van der Waals surface area contributed by atoms with Crippen LogP contribution in [0.3, 0.4) is 0 Å². The number of aromatic nitrogens is 5. The van der Waals surface area contributed by atoms with Gasteiger partial charge in [-0.15, -0.1) is 20.4 Å². The van der Waals surface area contributed by atoms with E-state index in [1.165, 1.54) is 0 Å². The monoisotopic (exact) mass is 423 g/mol. The van der Waals surface area contributed by atoms with Gasteiger partial charge in [-0.25, -0.2) is 0 Å². The van der Waals surface area contributed by atoms with Gasteiger partial charge in [0.15, 0.2) is 5.16 Å². The molecule has 1 unspecified atom stereocenters. The molecule has 4 aromatic rings. The number of halogens is 1. The molecule has 2 heterocycles. The minimum atomic E-state index is -0.0749. The second-order valence-electron chi connectivity index (χ2n) is 7.00. The van der Waals surface area contributed by atoms with Gasteiger partial charge in [-0.1, -0.05) is 47.6 Å². The van der Waals surface area contributed by atoms with Crippen LogP contribution in [0.4, 0.5) is 0 Å². The van der Waals surface area contributed by atoms with E-state index >= 15 is 0 Å². The van der Waals surface area contributed by atoms with Gasteiger partial charge in [-0.3, -0.25) is 4.57 Å². The third kappa shape index (κ3) is 3.80. The molecule has 0 bridgehead atoms. The van der Waals surface area contributed by atoms with Crippen LogP contribution >= 0.6 is 23.4 Å². The maximum atomic E-state index is 6.07. The first-order valence-corrected chi connectivity index (χ1v) is 10.7. The summed E-state index contributed by atoms with van der Waals surface area (Å²) in [4.78, 5) is 0. The molecule has 6 nitrogen and oxygen atoms in total. The largest absolute Gasteiger partial charge is 0.419 e. The highest BCUT2D eigenvalue weighted by atomic mass is 35.5. The first kappa shape index (κ1) is 18.4. The van der Waals surface area contributed by atoms with Crippen LogP contribution in [0.1, 0.15) is 42.6 Å². The normalized spacial score (nSPS) is 14.8. The van der Waals surface area contributed by atoms with E-state index in [9.17, 15) is 0 Å². The molecule has 1 aliphatic carbocycles. The van der Waals surface area contributed by atoms with E-state index in [4.69, 9.17) is 16.0 Å². The highest BCUT2D eigenvalue weighted by Gasteiger charge is 2.31. The fourth-order valence-electron chi connectivity index (χ4n) is 3.13. The predicted octanol–water partition coefficient (Wildman–Crippen LogP) is 5.70. The fraction of sp³-hybridized carbons (Fsp3) is 0.238. The Bertz CT molecular complexity index is 1140. The SMILES string of the molecule is CC(Sc1nnc(C2CC2)n1-c1ccccc1)c1nnc(-c2cccc(Cl)c2)o1. The van der Waals surface area contributed by atoms with E-state index in [1.54, 1.807) is 11.8 Å². The molecule has 5 rings (SSSR count). The summed E-state index contributed by atoms with van der Waals surface area (Å²) in [7, 11) is 0. The molecular formula is C21H18ClN5OS. The van der Waals surface area contributed by atoms with E-state index in [0.29, 0.717) is 22.7 Å². The third-order valence-electron chi connectivity index (χ3n) is 4.76. The number of hydrogen-bond donors (Lipinski definition) is 0. The zero-order chi connectivity index (χ0) is 19.8. The molecule has 0 saturated heterocycles. The molecule has 0 spiro atoms. The Morgan fingerprint density at radius 2 is 1.86 bits per heavy atom. The maximum absolute atomic E-state index is 6.07. The lowest BCUT2D eigenvalue weighted by Gasteiger charge is -2.11. The van der Waals surface area contributed by atoms with Crippen molar-refractivity contribution in [2.75, 3.05) is 0 Å². The Morgan fingerprint density at radius 1 is 1.03 bits per heavy atom. The van der Waals surface area contributed by atoms with Crippen molar-refractivity contribution in [1.29, 1.82) is 0 Å². The number of nitrogens with zero attached hydrogens (tertiary/aromatic N) is 5. The molecule has 2 aromatic heterocycles. The lowest BCUT2D eigenvalue weighted by atomic mass is 10.2. The molecule has 0 radical (unpaired) electrons. The van der Waals surface area contributed by atoms with Crippen LogP contribution in [-0.4, -0.2) is 25.0 Å². The lowest BCUT2D eigenvalue weighted by Crippen LogP contribution is -2.02. The van der Waals surface area contributed by atoms with Gasteiger partial charge in [-0.2, -0.15) is 0 Å². The van der Waals surface area contributed by atoms with Gasteiger partial charge in [-0.05, 0) is 50.1 Å². The second kappa shape index (κ2) is 7.65. The Labute approximate surface area is 177 Å². The summed E-state index contributed by atoms with van der Waals surface area (Å²) in [5, 5.41) is 18.7. The Morgan fingerprint density at radius 3 is 2.62 bits per heavy atom. The summed E-state index contributed by atoms with van der Waals surface area (Å²) in [6.07, 6.45) is 2.33. The van der Waals surface area contributed by atoms with Gasteiger partial charge in [0.2, 0.25) is 11.8 Å². The van der Waals surface area contributed by atoms with Crippen molar-refractivity contribution in [2.24, 2.45) is 0 Å². The topological polar surface area (TPSA) is 69.6 Å². The lowest BCUT2D eigenvalue weighted by molar-refractivity contribution is 0.509. The van der Waals surface area contributed by atoms with Gasteiger partial charge in [0.05, 0.1) is 5.25 Å². The fourth-order valence-corrected chi connectivity index (χ4v) is 4.22. The molecule has 0 N–H and O–H groups in total. The molecule has 1 atom stereocenters. The first-order chi connectivity index (χ1) is 14.2. The van der Waals surface area contributed by atoms with Crippen molar-refractivity contribution >= 4 is 23.4 Å². The highest BCUT2D eigenvalue weighted by molar-refractivity contribution is 7.99. The minimum Gasteiger partial charge on any atom is -0.419 e. The maximum Gasteiger partial charge on any atom is 0.247 e. The van der Waals surface area contributed by atoms with Crippen molar-refractivity contribution in [3.63, 3.8) is 0 Å². The molecule has 2 aromatic carbocycles. The number of benzene rings is 2. The molecule has 0 aliphatic heterocycles. The zero-order valence-electron chi connectivity index (χ0n) is 15.7. The van der Waals surface area contributed by atoms with Gasteiger partial charge in [0, 0.05) is 22.2 Å². The summed E-state index contributed by atoms with van der Waals surface area (Å²) < 4.78 is 8.06. The number of thioether (sulfide) groups is 1. The standard InChI is InChI=1S/C21H18ClN5OS/c1-13(19-24-25-20(28-19)15-6-5-7-16(22)12-15)29-21-26-23-18(14-10-11-14)27(21)17-8-3-2-4-9-17/h2-9,12-14H,10-11H2,1H3. The number of para-hydroxylation sites is 1. The van der Waals surface area contributed by atoms with E-state index in [2.05, 4.69) is 37.1 Å².